The summed E-state index contributed by atoms with van der Waals surface area (Å²) in [6, 6.07) is 3.04. The van der Waals surface area contributed by atoms with Crippen LogP contribution in [0.1, 0.15) is 5.56 Å². The number of H-pyrrole nitrogens is 1. The fraction of sp³-hybridized carbons (Fsp3) is 0. The Morgan fingerprint density at radius 1 is 1.35 bits per heavy atom. The first kappa shape index (κ1) is 11.6. The highest BCUT2D eigenvalue weighted by atomic mass is 35.5. The third-order valence-corrected chi connectivity index (χ3v) is 2.34. The average Bonchev–Trinajstić information content (AvgIpc) is 2.79. The van der Waals surface area contributed by atoms with Gasteiger partial charge in [0, 0.05) is 0 Å². The molecule has 0 atom stereocenters. The van der Waals surface area contributed by atoms with Crippen molar-refractivity contribution in [1.29, 1.82) is 0 Å². The van der Waals surface area contributed by atoms with Crippen LogP contribution >= 0.6 is 23.2 Å². The molecule has 2 rings (SSSR count). The van der Waals surface area contributed by atoms with E-state index >= 15 is 0 Å². The van der Waals surface area contributed by atoms with Crippen LogP contribution in [0.3, 0.4) is 0 Å². The minimum absolute atomic E-state index is 0.151. The standard InChI is InChI=1S/C8H6Cl2N6O/c9-5-1-4(2-6(10)7(5)17)3-11-12-8-13-15-16-14-8/h1-3,17H,(H2,12,13,14,15,16)/b11-3+. The molecule has 1 aromatic heterocycles. The van der Waals surface area contributed by atoms with Gasteiger partial charge < -0.3 is 5.11 Å². The van der Waals surface area contributed by atoms with Crippen LogP contribution in [0, 0.1) is 0 Å². The molecule has 0 spiro atoms. The molecular weight excluding hydrogens is 267 g/mol. The van der Waals surface area contributed by atoms with E-state index in [1.54, 1.807) is 0 Å². The topological polar surface area (TPSA) is 99.1 Å². The van der Waals surface area contributed by atoms with Crippen molar-refractivity contribution in [2.75, 3.05) is 5.43 Å². The van der Waals surface area contributed by atoms with Gasteiger partial charge in [-0.25, -0.2) is 5.43 Å². The van der Waals surface area contributed by atoms with Gasteiger partial charge in [0.1, 0.15) is 0 Å². The quantitative estimate of drug-likeness (QED) is 0.583. The van der Waals surface area contributed by atoms with Gasteiger partial charge in [-0.1, -0.05) is 28.3 Å². The number of nitrogens with zero attached hydrogens (tertiary/aromatic N) is 4. The van der Waals surface area contributed by atoms with E-state index in [2.05, 4.69) is 31.2 Å². The molecule has 0 saturated heterocycles. The molecule has 0 unspecified atom stereocenters. The van der Waals surface area contributed by atoms with E-state index < -0.39 is 0 Å². The Morgan fingerprint density at radius 3 is 2.65 bits per heavy atom. The molecule has 7 nitrogen and oxygen atoms in total. The minimum Gasteiger partial charge on any atom is -0.505 e. The van der Waals surface area contributed by atoms with Crippen molar-refractivity contribution in [2.45, 2.75) is 0 Å². The zero-order chi connectivity index (χ0) is 12.3. The van der Waals surface area contributed by atoms with Gasteiger partial charge in [-0.05, 0) is 22.9 Å². The number of phenolic OH excluding ortho intramolecular Hbond substituents is 1. The van der Waals surface area contributed by atoms with Crippen LogP contribution in [0.2, 0.25) is 10.0 Å². The highest BCUT2D eigenvalue weighted by Crippen LogP contribution is 2.32. The molecule has 0 bridgehead atoms. The molecule has 0 amide bonds. The predicted molar refractivity (Wildman–Crippen MR) is 63.5 cm³/mol. The Bertz CT molecular complexity index is 518. The van der Waals surface area contributed by atoms with Gasteiger partial charge >= 0.3 is 0 Å². The molecule has 0 aliphatic heterocycles. The largest absolute Gasteiger partial charge is 0.505 e. The molecule has 0 radical (unpaired) electrons. The molecule has 1 aromatic carbocycles. The minimum atomic E-state index is -0.156. The number of aromatic nitrogens is 4. The van der Waals surface area contributed by atoms with Crippen molar-refractivity contribution in [3.8, 4) is 5.75 Å². The Morgan fingerprint density at radius 2 is 2.06 bits per heavy atom. The Balaban J connectivity index is 2.11. The van der Waals surface area contributed by atoms with Crippen molar-refractivity contribution >= 4 is 35.4 Å². The summed E-state index contributed by atoms with van der Waals surface area (Å²) in [6.45, 7) is 0. The van der Waals surface area contributed by atoms with E-state index in [0.717, 1.165) is 0 Å². The van der Waals surface area contributed by atoms with Crippen LogP contribution in [0.15, 0.2) is 17.2 Å². The van der Waals surface area contributed by atoms with Crippen LogP contribution in [-0.2, 0) is 0 Å². The second-order valence-corrected chi connectivity index (χ2v) is 3.75. The van der Waals surface area contributed by atoms with Crippen molar-refractivity contribution in [3.63, 3.8) is 0 Å². The molecule has 88 valence electrons. The van der Waals surface area contributed by atoms with Gasteiger partial charge in [0.25, 0.3) is 5.95 Å². The van der Waals surface area contributed by atoms with Crippen molar-refractivity contribution in [2.24, 2.45) is 5.10 Å². The van der Waals surface area contributed by atoms with E-state index in [4.69, 9.17) is 23.2 Å². The summed E-state index contributed by atoms with van der Waals surface area (Å²) < 4.78 is 0. The third kappa shape index (κ3) is 2.83. The number of phenols is 1. The van der Waals surface area contributed by atoms with Gasteiger partial charge in [-0.15, -0.1) is 5.10 Å². The number of anilines is 1. The molecule has 2 aromatic rings. The van der Waals surface area contributed by atoms with E-state index in [9.17, 15) is 5.11 Å². The molecule has 3 N–H and O–H groups in total. The van der Waals surface area contributed by atoms with Crippen LogP contribution < -0.4 is 5.43 Å². The lowest BCUT2D eigenvalue weighted by Crippen LogP contribution is -1.92. The highest BCUT2D eigenvalue weighted by molar-refractivity contribution is 6.37. The van der Waals surface area contributed by atoms with E-state index in [-0.39, 0.29) is 21.7 Å². The first-order chi connectivity index (χ1) is 8.16. The van der Waals surface area contributed by atoms with Gasteiger partial charge in [-0.2, -0.15) is 10.3 Å². The van der Waals surface area contributed by atoms with Crippen LogP contribution in [-0.4, -0.2) is 31.9 Å². The Kier molecular flexibility index (Phi) is 3.40. The fourth-order valence-electron chi connectivity index (χ4n) is 1.03. The zero-order valence-corrected chi connectivity index (χ0v) is 9.74. The number of rotatable bonds is 3. The number of hydrazone groups is 1. The number of tetrazole rings is 1. The summed E-state index contributed by atoms with van der Waals surface area (Å²) in [6.07, 6.45) is 1.45. The third-order valence-electron chi connectivity index (χ3n) is 1.76. The number of benzene rings is 1. The van der Waals surface area contributed by atoms with Gasteiger partial charge in [-0.3, -0.25) is 0 Å². The molecule has 0 saturated carbocycles. The highest BCUT2D eigenvalue weighted by Gasteiger charge is 2.05. The Hall–Kier alpha value is -1.86. The van der Waals surface area contributed by atoms with Crippen LogP contribution in [0.4, 0.5) is 5.95 Å². The molecule has 0 fully saturated rings. The van der Waals surface area contributed by atoms with Crippen molar-refractivity contribution in [1.82, 2.24) is 20.6 Å². The summed E-state index contributed by atoms with van der Waals surface area (Å²) in [7, 11) is 0. The normalized spacial score (nSPS) is 10.9. The fourth-order valence-corrected chi connectivity index (χ4v) is 1.54. The van der Waals surface area contributed by atoms with Crippen molar-refractivity contribution in [3.05, 3.63) is 27.7 Å². The van der Waals surface area contributed by atoms with Gasteiger partial charge in [0.05, 0.1) is 16.3 Å². The summed E-state index contributed by atoms with van der Waals surface area (Å²) in [5, 5.41) is 26.4. The number of nitrogens with one attached hydrogen (secondary N) is 2. The number of halogens is 2. The summed E-state index contributed by atoms with van der Waals surface area (Å²) in [5.74, 6) is 0.0776. The van der Waals surface area contributed by atoms with E-state index in [1.165, 1.54) is 18.3 Å². The zero-order valence-electron chi connectivity index (χ0n) is 8.22. The summed E-state index contributed by atoms with van der Waals surface area (Å²) in [5.41, 5.74) is 3.15. The average molecular weight is 273 g/mol. The van der Waals surface area contributed by atoms with Gasteiger partial charge in [0.2, 0.25) is 0 Å². The Labute approximate surface area is 105 Å². The number of hydrogen-bond acceptors (Lipinski definition) is 6. The maximum Gasteiger partial charge on any atom is 0.283 e. The van der Waals surface area contributed by atoms with Crippen LogP contribution in [0.5, 0.6) is 5.75 Å². The van der Waals surface area contributed by atoms with E-state index in [1.807, 2.05) is 0 Å². The molecule has 0 aliphatic carbocycles. The number of hydrogen-bond donors (Lipinski definition) is 3. The molecule has 1 heterocycles. The maximum atomic E-state index is 9.35. The SMILES string of the molecule is Oc1c(Cl)cc(/C=N/Nc2nn[nH]n2)cc1Cl. The first-order valence-electron chi connectivity index (χ1n) is 4.37. The van der Waals surface area contributed by atoms with Gasteiger partial charge in [0.15, 0.2) is 5.75 Å². The smallest absolute Gasteiger partial charge is 0.283 e. The number of aromatic hydroxyl groups is 1. The lowest BCUT2D eigenvalue weighted by atomic mass is 10.2. The molecule has 0 aliphatic rings. The maximum absolute atomic E-state index is 9.35. The molecule has 9 heteroatoms. The summed E-state index contributed by atoms with van der Waals surface area (Å²) >= 11 is 11.5. The first-order valence-corrected chi connectivity index (χ1v) is 5.13. The number of aromatic amines is 1. The molecule has 17 heavy (non-hydrogen) atoms. The second kappa shape index (κ2) is 4.98. The van der Waals surface area contributed by atoms with Crippen molar-refractivity contribution < 1.29 is 5.11 Å². The second-order valence-electron chi connectivity index (χ2n) is 2.94. The van der Waals surface area contributed by atoms with E-state index in [0.29, 0.717) is 5.56 Å². The lowest BCUT2D eigenvalue weighted by Gasteiger charge is -2.01. The monoisotopic (exact) mass is 272 g/mol. The predicted octanol–water partition coefficient (Wildman–Crippen LogP) is 1.66. The van der Waals surface area contributed by atoms with Crippen LogP contribution in [0.25, 0.3) is 0 Å². The molecular formula is C8H6Cl2N6O. The lowest BCUT2D eigenvalue weighted by molar-refractivity contribution is 0.476. The summed E-state index contributed by atoms with van der Waals surface area (Å²) in [4.78, 5) is 0.